The molecule has 1 aliphatic heterocycles. The number of rotatable bonds is 5. The largest absolute Gasteiger partial charge is 0.463 e. The SMILES string of the molecule is CCOC(=O)/C=C/CN1CCCCC1C(C)N. The molecule has 1 fully saturated rings. The van der Waals surface area contributed by atoms with E-state index in [0.717, 1.165) is 19.5 Å². The monoisotopic (exact) mass is 240 g/mol. The Morgan fingerprint density at radius 2 is 2.35 bits per heavy atom. The fraction of sp³-hybridized carbons (Fsp3) is 0.769. The molecular weight excluding hydrogens is 216 g/mol. The molecule has 1 aliphatic rings. The number of hydrogen-bond acceptors (Lipinski definition) is 4. The van der Waals surface area contributed by atoms with Crippen molar-refractivity contribution in [3.05, 3.63) is 12.2 Å². The number of ether oxygens (including phenoxy) is 1. The highest BCUT2D eigenvalue weighted by atomic mass is 16.5. The number of carbonyl (C=O) groups excluding carboxylic acids is 1. The van der Waals surface area contributed by atoms with E-state index in [4.69, 9.17) is 10.5 Å². The van der Waals surface area contributed by atoms with Gasteiger partial charge in [0.1, 0.15) is 0 Å². The lowest BCUT2D eigenvalue weighted by atomic mass is 9.97. The Morgan fingerprint density at radius 1 is 1.59 bits per heavy atom. The van der Waals surface area contributed by atoms with Gasteiger partial charge in [0.2, 0.25) is 0 Å². The molecule has 0 spiro atoms. The first-order valence-corrected chi connectivity index (χ1v) is 6.48. The van der Waals surface area contributed by atoms with Crippen molar-refractivity contribution in [3.8, 4) is 0 Å². The number of esters is 1. The molecule has 0 amide bonds. The fourth-order valence-electron chi connectivity index (χ4n) is 2.31. The summed E-state index contributed by atoms with van der Waals surface area (Å²) in [5.41, 5.74) is 5.98. The van der Waals surface area contributed by atoms with Gasteiger partial charge in [-0.2, -0.15) is 0 Å². The van der Waals surface area contributed by atoms with Gasteiger partial charge in [-0.05, 0) is 33.2 Å². The topological polar surface area (TPSA) is 55.6 Å². The predicted molar refractivity (Wildman–Crippen MR) is 68.6 cm³/mol. The minimum atomic E-state index is -0.262. The molecule has 0 aromatic heterocycles. The Labute approximate surface area is 104 Å². The van der Waals surface area contributed by atoms with Gasteiger partial charge in [-0.25, -0.2) is 4.79 Å². The lowest BCUT2D eigenvalue weighted by molar-refractivity contribution is -0.137. The van der Waals surface area contributed by atoms with E-state index < -0.39 is 0 Å². The molecule has 2 atom stereocenters. The third-order valence-electron chi connectivity index (χ3n) is 3.15. The lowest BCUT2D eigenvalue weighted by Crippen LogP contribution is -2.49. The molecule has 0 radical (unpaired) electrons. The molecule has 17 heavy (non-hydrogen) atoms. The van der Waals surface area contributed by atoms with E-state index in [1.54, 1.807) is 0 Å². The lowest BCUT2D eigenvalue weighted by Gasteiger charge is -2.37. The van der Waals surface area contributed by atoms with Crippen LogP contribution in [0.2, 0.25) is 0 Å². The number of piperidine rings is 1. The Kier molecular flexibility index (Phi) is 6.22. The van der Waals surface area contributed by atoms with Gasteiger partial charge in [-0.15, -0.1) is 0 Å². The summed E-state index contributed by atoms with van der Waals surface area (Å²) in [5.74, 6) is -0.262. The van der Waals surface area contributed by atoms with Gasteiger partial charge in [-0.3, -0.25) is 4.90 Å². The molecule has 4 nitrogen and oxygen atoms in total. The van der Waals surface area contributed by atoms with Crippen LogP contribution in [0.4, 0.5) is 0 Å². The van der Waals surface area contributed by atoms with E-state index >= 15 is 0 Å². The van der Waals surface area contributed by atoms with E-state index in [2.05, 4.69) is 11.8 Å². The smallest absolute Gasteiger partial charge is 0.330 e. The zero-order valence-electron chi connectivity index (χ0n) is 10.9. The van der Waals surface area contributed by atoms with E-state index in [9.17, 15) is 4.79 Å². The van der Waals surface area contributed by atoms with Crippen molar-refractivity contribution in [1.29, 1.82) is 0 Å². The minimum Gasteiger partial charge on any atom is -0.463 e. The van der Waals surface area contributed by atoms with Gasteiger partial charge in [0.25, 0.3) is 0 Å². The molecule has 0 saturated carbocycles. The van der Waals surface area contributed by atoms with Crippen LogP contribution in [0.15, 0.2) is 12.2 Å². The second kappa shape index (κ2) is 7.45. The van der Waals surface area contributed by atoms with Crippen LogP contribution in [-0.2, 0) is 9.53 Å². The molecule has 2 unspecified atom stereocenters. The quantitative estimate of drug-likeness (QED) is 0.581. The van der Waals surface area contributed by atoms with Gasteiger partial charge < -0.3 is 10.5 Å². The third-order valence-corrected chi connectivity index (χ3v) is 3.15. The predicted octanol–water partition coefficient (Wildman–Crippen LogP) is 1.31. The molecule has 4 heteroatoms. The van der Waals surface area contributed by atoms with Crippen molar-refractivity contribution >= 4 is 5.97 Å². The minimum absolute atomic E-state index is 0.186. The molecule has 1 heterocycles. The molecule has 0 bridgehead atoms. The van der Waals surface area contributed by atoms with Crippen LogP contribution in [0.5, 0.6) is 0 Å². The summed E-state index contributed by atoms with van der Waals surface area (Å²) in [5, 5.41) is 0. The standard InChI is InChI=1S/C13H24N2O2/c1-3-17-13(16)8-6-10-15-9-5-4-7-12(15)11(2)14/h6,8,11-12H,3-5,7,9-10,14H2,1-2H3/b8-6+. The van der Waals surface area contributed by atoms with Gasteiger partial charge in [-0.1, -0.05) is 12.5 Å². The summed E-state index contributed by atoms with van der Waals surface area (Å²) < 4.78 is 4.84. The van der Waals surface area contributed by atoms with Gasteiger partial charge >= 0.3 is 5.97 Å². The normalized spacial score (nSPS) is 23.8. The van der Waals surface area contributed by atoms with E-state index in [1.165, 1.54) is 18.9 Å². The van der Waals surface area contributed by atoms with Crippen molar-refractivity contribution in [3.63, 3.8) is 0 Å². The first-order valence-electron chi connectivity index (χ1n) is 6.48. The highest BCUT2D eigenvalue weighted by Crippen LogP contribution is 2.18. The zero-order valence-corrected chi connectivity index (χ0v) is 10.9. The summed E-state index contributed by atoms with van der Waals surface area (Å²) in [6.07, 6.45) is 7.01. The Morgan fingerprint density at radius 3 is 3.00 bits per heavy atom. The summed E-state index contributed by atoms with van der Waals surface area (Å²) in [7, 11) is 0. The number of likely N-dealkylation sites (tertiary alicyclic amines) is 1. The maximum atomic E-state index is 11.1. The summed E-state index contributed by atoms with van der Waals surface area (Å²) in [4.78, 5) is 13.5. The first kappa shape index (κ1) is 14.2. The van der Waals surface area contributed by atoms with Crippen LogP contribution in [0.3, 0.4) is 0 Å². The van der Waals surface area contributed by atoms with Crippen LogP contribution in [0.1, 0.15) is 33.1 Å². The van der Waals surface area contributed by atoms with E-state index in [-0.39, 0.29) is 12.0 Å². The molecule has 1 rings (SSSR count). The van der Waals surface area contributed by atoms with Crippen LogP contribution in [-0.4, -0.2) is 42.6 Å². The summed E-state index contributed by atoms with van der Waals surface area (Å²) >= 11 is 0. The second-order valence-corrected chi connectivity index (χ2v) is 4.57. The van der Waals surface area contributed by atoms with Gasteiger partial charge in [0.15, 0.2) is 0 Å². The first-order chi connectivity index (χ1) is 8.15. The molecule has 0 aliphatic carbocycles. The van der Waals surface area contributed by atoms with Crippen LogP contribution in [0, 0.1) is 0 Å². The number of nitrogens with two attached hydrogens (primary N) is 1. The number of carbonyl (C=O) groups is 1. The molecule has 1 saturated heterocycles. The zero-order chi connectivity index (χ0) is 12.7. The second-order valence-electron chi connectivity index (χ2n) is 4.57. The highest BCUT2D eigenvalue weighted by molar-refractivity contribution is 5.81. The Balaban J connectivity index is 2.40. The van der Waals surface area contributed by atoms with Crippen molar-refractivity contribution < 1.29 is 9.53 Å². The van der Waals surface area contributed by atoms with Gasteiger partial charge in [0.05, 0.1) is 6.61 Å². The Bertz CT molecular complexity index is 264. The average Bonchev–Trinajstić information content (AvgIpc) is 2.30. The fourth-order valence-corrected chi connectivity index (χ4v) is 2.31. The Hall–Kier alpha value is -0.870. The average molecular weight is 240 g/mol. The van der Waals surface area contributed by atoms with Crippen LogP contribution >= 0.6 is 0 Å². The van der Waals surface area contributed by atoms with Gasteiger partial charge in [0, 0.05) is 24.7 Å². The molecule has 0 aromatic rings. The summed E-state index contributed by atoms with van der Waals surface area (Å²) in [6, 6.07) is 0.627. The molecule has 98 valence electrons. The van der Waals surface area contributed by atoms with E-state index in [1.807, 2.05) is 13.0 Å². The summed E-state index contributed by atoms with van der Waals surface area (Å²) in [6.45, 7) is 6.14. The van der Waals surface area contributed by atoms with Crippen molar-refractivity contribution in [2.45, 2.75) is 45.2 Å². The molecule has 0 aromatic carbocycles. The maximum Gasteiger partial charge on any atom is 0.330 e. The maximum absolute atomic E-state index is 11.1. The van der Waals surface area contributed by atoms with Crippen molar-refractivity contribution in [2.24, 2.45) is 5.73 Å². The highest BCUT2D eigenvalue weighted by Gasteiger charge is 2.24. The van der Waals surface area contributed by atoms with Crippen molar-refractivity contribution in [1.82, 2.24) is 4.90 Å². The van der Waals surface area contributed by atoms with E-state index in [0.29, 0.717) is 12.6 Å². The molecule has 2 N–H and O–H groups in total. The van der Waals surface area contributed by atoms with Crippen LogP contribution < -0.4 is 5.73 Å². The van der Waals surface area contributed by atoms with Crippen LogP contribution in [0.25, 0.3) is 0 Å². The molecular formula is C13H24N2O2. The third kappa shape index (κ3) is 4.88. The van der Waals surface area contributed by atoms with Crippen molar-refractivity contribution in [2.75, 3.05) is 19.7 Å². The number of nitrogens with zero attached hydrogens (tertiary/aromatic N) is 1. The number of hydrogen-bond donors (Lipinski definition) is 1.